The van der Waals surface area contributed by atoms with Crippen molar-refractivity contribution in [2.45, 2.75) is 58.9 Å². The van der Waals surface area contributed by atoms with Gasteiger partial charge in [0.25, 0.3) is 5.91 Å². The van der Waals surface area contributed by atoms with Crippen LogP contribution in [0.1, 0.15) is 48.8 Å². The first-order valence-corrected chi connectivity index (χ1v) is 8.26. The second-order valence-corrected chi connectivity index (χ2v) is 6.40. The summed E-state index contributed by atoms with van der Waals surface area (Å²) < 4.78 is 0. The van der Waals surface area contributed by atoms with Gasteiger partial charge in [0.2, 0.25) is 0 Å². The third-order valence-corrected chi connectivity index (χ3v) is 4.34. The summed E-state index contributed by atoms with van der Waals surface area (Å²) in [6.07, 6.45) is 7.07. The summed E-state index contributed by atoms with van der Waals surface area (Å²) in [5, 5.41) is 15.4. The minimum Gasteiger partial charge on any atom is -0.360 e. The van der Waals surface area contributed by atoms with Crippen molar-refractivity contribution in [3.63, 3.8) is 0 Å². The van der Waals surface area contributed by atoms with Crippen molar-refractivity contribution in [1.82, 2.24) is 5.32 Å². The van der Waals surface area contributed by atoms with Crippen molar-refractivity contribution in [3.8, 4) is 6.07 Å². The number of aryl methyl sites for hydroxylation is 3. The lowest BCUT2D eigenvalue weighted by Gasteiger charge is -2.22. The molecule has 1 fully saturated rings. The molecule has 4 heteroatoms. The number of benzene rings is 1. The van der Waals surface area contributed by atoms with E-state index in [0.29, 0.717) is 0 Å². The van der Waals surface area contributed by atoms with Crippen LogP contribution >= 0.6 is 0 Å². The fourth-order valence-electron chi connectivity index (χ4n) is 3.21. The maximum Gasteiger partial charge on any atom is 0.263 e. The first kappa shape index (κ1) is 17.1. The zero-order valence-corrected chi connectivity index (χ0v) is 14.2. The van der Waals surface area contributed by atoms with Crippen LogP contribution in [-0.2, 0) is 4.79 Å². The lowest BCUT2D eigenvalue weighted by molar-refractivity contribution is -0.118. The highest BCUT2D eigenvalue weighted by Gasteiger charge is 2.18. The van der Waals surface area contributed by atoms with E-state index in [0.717, 1.165) is 42.5 Å². The van der Waals surface area contributed by atoms with Crippen LogP contribution in [0.2, 0.25) is 0 Å². The maximum atomic E-state index is 12.2. The Balaban J connectivity index is 2.07. The van der Waals surface area contributed by atoms with Crippen molar-refractivity contribution < 1.29 is 4.79 Å². The van der Waals surface area contributed by atoms with E-state index in [-0.39, 0.29) is 17.5 Å². The molecule has 0 spiro atoms. The minimum atomic E-state index is -0.283. The van der Waals surface area contributed by atoms with Crippen LogP contribution in [0.5, 0.6) is 0 Å². The van der Waals surface area contributed by atoms with Crippen LogP contribution in [-0.4, -0.2) is 11.9 Å². The first-order valence-electron chi connectivity index (χ1n) is 8.26. The predicted molar refractivity (Wildman–Crippen MR) is 93.0 cm³/mol. The Morgan fingerprint density at radius 1 is 1.17 bits per heavy atom. The standard InChI is InChI=1S/C19H25N3O/c1-13-9-14(2)18(15(3)10-13)21-12-16(11-20)19(23)22-17-7-5-4-6-8-17/h9-10,12,17,21H,4-8H2,1-3H3,(H,22,23)/b16-12-. The molecular weight excluding hydrogens is 286 g/mol. The molecular formula is C19H25N3O. The van der Waals surface area contributed by atoms with E-state index < -0.39 is 0 Å². The second-order valence-electron chi connectivity index (χ2n) is 6.40. The maximum absolute atomic E-state index is 12.2. The number of nitrogens with zero attached hydrogens (tertiary/aromatic N) is 1. The van der Waals surface area contributed by atoms with Gasteiger partial charge in [0.15, 0.2) is 0 Å². The molecule has 0 heterocycles. The van der Waals surface area contributed by atoms with E-state index >= 15 is 0 Å². The first-order chi connectivity index (χ1) is 11.0. The second kappa shape index (κ2) is 7.82. The van der Waals surface area contributed by atoms with Crippen molar-refractivity contribution in [2.24, 2.45) is 0 Å². The summed E-state index contributed by atoms with van der Waals surface area (Å²) in [5.41, 5.74) is 4.47. The average molecular weight is 311 g/mol. The van der Waals surface area contributed by atoms with Gasteiger partial charge in [-0.05, 0) is 44.7 Å². The van der Waals surface area contributed by atoms with Crippen molar-refractivity contribution in [2.75, 3.05) is 5.32 Å². The van der Waals surface area contributed by atoms with Gasteiger partial charge >= 0.3 is 0 Å². The number of carbonyl (C=O) groups excluding carboxylic acids is 1. The number of nitriles is 1. The molecule has 122 valence electrons. The number of rotatable bonds is 4. The van der Waals surface area contributed by atoms with Gasteiger partial charge in [0, 0.05) is 17.9 Å². The third-order valence-electron chi connectivity index (χ3n) is 4.34. The summed E-state index contributed by atoms with van der Waals surface area (Å²) in [6, 6.07) is 6.36. The number of carbonyl (C=O) groups is 1. The van der Waals surface area contributed by atoms with Crippen molar-refractivity contribution in [3.05, 3.63) is 40.6 Å². The molecule has 0 aromatic heterocycles. The molecule has 1 aliphatic rings. The van der Waals surface area contributed by atoms with Crippen LogP contribution in [0.4, 0.5) is 5.69 Å². The zero-order chi connectivity index (χ0) is 16.8. The Kier molecular flexibility index (Phi) is 5.81. The Morgan fingerprint density at radius 2 is 1.78 bits per heavy atom. The number of hydrogen-bond acceptors (Lipinski definition) is 3. The summed E-state index contributed by atoms with van der Waals surface area (Å²) in [4.78, 5) is 12.2. The summed E-state index contributed by atoms with van der Waals surface area (Å²) in [7, 11) is 0. The summed E-state index contributed by atoms with van der Waals surface area (Å²) >= 11 is 0. The number of hydrogen-bond donors (Lipinski definition) is 2. The highest BCUT2D eigenvalue weighted by atomic mass is 16.1. The van der Waals surface area contributed by atoms with Crippen LogP contribution < -0.4 is 10.6 Å². The molecule has 0 saturated heterocycles. The molecule has 0 unspecified atom stereocenters. The molecule has 4 nitrogen and oxygen atoms in total. The summed E-state index contributed by atoms with van der Waals surface area (Å²) in [5.74, 6) is -0.283. The van der Waals surface area contributed by atoms with Gasteiger partial charge in [0.1, 0.15) is 11.6 Å². The Morgan fingerprint density at radius 3 is 2.35 bits per heavy atom. The minimum absolute atomic E-state index is 0.120. The Labute approximate surface area is 138 Å². The van der Waals surface area contributed by atoms with Gasteiger partial charge in [-0.1, -0.05) is 37.0 Å². The van der Waals surface area contributed by atoms with Gasteiger partial charge in [-0.25, -0.2) is 0 Å². The van der Waals surface area contributed by atoms with Gasteiger partial charge in [-0.15, -0.1) is 0 Å². The number of nitrogens with one attached hydrogen (secondary N) is 2. The lowest BCUT2D eigenvalue weighted by atomic mass is 9.95. The van der Waals surface area contributed by atoms with E-state index in [9.17, 15) is 10.1 Å². The monoisotopic (exact) mass is 311 g/mol. The molecule has 1 aliphatic carbocycles. The molecule has 0 atom stereocenters. The lowest BCUT2D eigenvalue weighted by Crippen LogP contribution is -2.37. The van der Waals surface area contributed by atoms with Crippen molar-refractivity contribution in [1.29, 1.82) is 5.26 Å². The van der Waals surface area contributed by atoms with Gasteiger partial charge in [-0.2, -0.15) is 5.26 Å². The fourth-order valence-corrected chi connectivity index (χ4v) is 3.21. The zero-order valence-electron chi connectivity index (χ0n) is 14.2. The molecule has 1 amide bonds. The number of anilines is 1. The quantitative estimate of drug-likeness (QED) is 0.655. The molecule has 0 bridgehead atoms. The summed E-state index contributed by atoms with van der Waals surface area (Å²) in [6.45, 7) is 6.09. The molecule has 0 radical (unpaired) electrons. The third kappa shape index (κ3) is 4.59. The number of amides is 1. The largest absolute Gasteiger partial charge is 0.360 e. The highest BCUT2D eigenvalue weighted by molar-refractivity contribution is 5.97. The molecule has 2 rings (SSSR count). The topological polar surface area (TPSA) is 64.9 Å². The van der Waals surface area contributed by atoms with Crippen molar-refractivity contribution >= 4 is 11.6 Å². The van der Waals surface area contributed by atoms with E-state index in [4.69, 9.17) is 0 Å². The van der Waals surface area contributed by atoms with E-state index in [2.05, 4.69) is 29.7 Å². The van der Waals surface area contributed by atoms with Crippen LogP contribution in [0, 0.1) is 32.1 Å². The normalized spacial score (nSPS) is 15.8. The Bertz CT molecular complexity index is 626. The van der Waals surface area contributed by atoms with E-state index in [1.165, 1.54) is 18.2 Å². The van der Waals surface area contributed by atoms with Crippen LogP contribution in [0.3, 0.4) is 0 Å². The Hall–Kier alpha value is -2.28. The molecule has 1 aromatic rings. The van der Waals surface area contributed by atoms with Crippen LogP contribution in [0.25, 0.3) is 0 Å². The molecule has 1 aromatic carbocycles. The highest BCUT2D eigenvalue weighted by Crippen LogP contribution is 2.22. The smallest absolute Gasteiger partial charge is 0.263 e. The molecule has 1 saturated carbocycles. The van der Waals surface area contributed by atoms with E-state index in [1.54, 1.807) is 0 Å². The SMILES string of the molecule is Cc1cc(C)c(N/C=C(/C#N)C(=O)NC2CCCCC2)c(C)c1. The fraction of sp³-hybridized carbons (Fsp3) is 0.474. The molecule has 23 heavy (non-hydrogen) atoms. The van der Waals surface area contributed by atoms with Gasteiger partial charge < -0.3 is 10.6 Å². The average Bonchev–Trinajstić information content (AvgIpc) is 2.50. The van der Waals surface area contributed by atoms with Crippen LogP contribution in [0.15, 0.2) is 23.9 Å². The predicted octanol–water partition coefficient (Wildman–Crippen LogP) is 3.88. The molecule has 0 aliphatic heterocycles. The van der Waals surface area contributed by atoms with Gasteiger partial charge in [0.05, 0.1) is 0 Å². The molecule has 2 N–H and O–H groups in total. The van der Waals surface area contributed by atoms with Gasteiger partial charge in [-0.3, -0.25) is 4.79 Å². The van der Waals surface area contributed by atoms with E-state index in [1.807, 2.05) is 19.9 Å².